The van der Waals surface area contributed by atoms with E-state index in [1.54, 1.807) is 0 Å². The van der Waals surface area contributed by atoms with Gasteiger partial charge in [-0.05, 0) is 64.0 Å². The third-order valence-electron chi connectivity index (χ3n) is 5.74. The average molecular weight is 386 g/mol. The van der Waals surface area contributed by atoms with Gasteiger partial charge in [0.15, 0.2) is 0 Å². The van der Waals surface area contributed by atoms with Crippen molar-refractivity contribution in [3.63, 3.8) is 0 Å². The van der Waals surface area contributed by atoms with E-state index in [1.165, 1.54) is 46.7 Å². The van der Waals surface area contributed by atoms with Gasteiger partial charge in [0.05, 0.1) is 11.8 Å². The van der Waals surface area contributed by atoms with Crippen LogP contribution in [0.25, 0.3) is 0 Å². The lowest BCUT2D eigenvalue weighted by Crippen LogP contribution is -2.36. The molecule has 0 saturated carbocycles. The Balaban J connectivity index is 1.50. The number of aromatic nitrogens is 2. The topological polar surface area (TPSA) is 63.5 Å². The number of nitrogens with zero attached hydrogens (tertiary/aromatic N) is 3. The molecule has 2 atom stereocenters. The van der Waals surface area contributed by atoms with Crippen LogP contribution in [0.15, 0.2) is 11.1 Å². The second kappa shape index (κ2) is 7.04. The second-order valence-electron chi connectivity index (χ2n) is 7.82. The van der Waals surface area contributed by atoms with Crippen LogP contribution in [0.3, 0.4) is 0 Å². The first-order valence-corrected chi connectivity index (χ1v) is 10.9. The molecule has 2 aliphatic heterocycles. The smallest absolute Gasteiger partial charge is 0.226 e. The van der Waals surface area contributed by atoms with E-state index in [2.05, 4.69) is 28.7 Å². The number of hydrogen-bond donors (Lipinski definition) is 2. The molecule has 2 aromatic heterocycles. The minimum absolute atomic E-state index is 0.0255. The molecule has 0 amide bonds. The van der Waals surface area contributed by atoms with Gasteiger partial charge in [-0.3, -0.25) is 5.32 Å². The van der Waals surface area contributed by atoms with Crippen molar-refractivity contribution >= 4 is 22.3 Å². The van der Waals surface area contributed by atoms with Gasteiger partial charge in [0.25, 0.3) is 0 Å². The Morgan fingerprint density at radius 1 is 1.30 bits per heavy atom. The summed E-state index contributed by atoms with van der Waals surface area (Å²) in [4.78, 5) is 6.59. The Morgan fingerprint density at radius 3 is 2.96 bits per heavy atom. The maximum Gasteiger partial charge on any atom is 0.226 e. The molecule has 1 aliphatic carbocycles. The highest BCUT2D eigenvalue weighted by molar-refractivity contribution is 7.16. The minimum Gasteiger partial charge on any atom is -0.377 e. The molecule has 5 rings (SSSR count). The maximum atomic E-state index is 5.82. The number of rotatable bonds is 3. The molecule has 4 heterocycles. The van der Waals surface area contributed by atoms with Crippen molar-refractivity contribution in [1.82, 2.24) is 15.1 Å². The average Bonchev–Trinajstić information content (AvgIpc) is 3.37. The summed E-state index contributed by atoms with van der Waals surface area (Å²) in [6.07, 6.45) is 7.54. The largest absolute Gasteiger partial charge is 0.377 e. The van der Waals surface area contributed by atoms with Gasteiger partial charge in [0.1, 0.15) is 11.2 Å². The molecule has 2 N–H and O–H groups in total. The lowest BCUT2D eigenvalue weighted by Gasteiger charge is -2.26. The SMILES string of the molecule is Cc1cc(C)n(C2=N[C@H](NC[C@@H]3CCCO3)c3c(sc4c3CCCC4)N2)n1. The van der Waals surface area contributed by atoms with Crippen LogP contribution in [0.2, 0.25) is 0 Å². The molecule has 2 aromatic rings. The molecule has 0 bridgehead atoms. The third kappa shape index (κ3) is 3.22. The molecule has 0 radical (unpaired) electrons. The Bertz CT molecular complexity index is 877. The lowest BCUT2D eigenvalue weighted by atomic mass is 9.94. The molecule has 7 heteroatoms. The summed E-state index contributed by atoms with van der Waals surface area (Å²) in [6, 6.07) is 2.09. The number of aryl methyl sites for hydroxylation is 3. The van der Waals surface area contributed by atoms with Gasteiger partial charge in [-0.25, -0.2) is 9.67 Å². The number of ether oxygens (including phenoxy) is 1. The molecular formula is C20H27N5OS. The van der Waals surface area contributed by atoms with Crippen molar-refractivity contribution in [2.75, 3.05) is 18.5 Å². The molecule has 0 unspecified atom stereocenters. The number of anilines is 1. The monoisotopic (exact) mass is 385 g/mol. The third-order valence-corrected chi connectivity index (χ3v) is 6.96. The Hall–Kier alpha value is -1.70. The maximum absolute atomic E-state index is 5.82. The summed E-state index contributed by atoms with van der Waals surface area (Å²) in [5.74, 6) is 0.816. The summed E-state index contributed by atoms with van der Waals surface area (Å²) in [5.41, 5.74) is 4.99. The van der Waals surface area contributed by atoms with Crippen LogP contribution in [-0.4, -0.2) is 35.0 Å². The quantitative estimate of drug-likeness (QED) is 0.848. The van der Waals surface area contributed by atoms with Crippen LogP contribution < -0.4 is 10.6 Å². The van der Waals surface area contributed by atoms with E-state index in [4.69, 9.17) is 9.73 Å². The number of nitrogens with one attached hydrogen (secondary N) is 2. The fraction of sp³-hybridized carbons (Fsp3) is 0.600. The number of aliphatic imine (C=N–C) groups is 1. The van der Waals surface area contributed by atoms with Crippen LogP contribution in [0.5, 0.6) is 0 Å². The van der Waals surface area contributed by atoms with Crippen LogP contribution in [0, 0.1) is 13.8 Å². The first-order chi connectivity index (χ1) is 13.2. The predicted octanol–water partition coefficient (Wildman–Crippen LogP) is 3.54. The molecule has 144 valence electrons. The zero-order valence-corrected chi connectivity index (χ0v) is 16.9. The zero-order chi connectivity index (χ0) is 18.4. The van der Waals surface area contributed by atoms with Crippen LogP contribution in [-0.2, 0) is 17.6 Å². The summed E-state index contributed by atoms with van der Waals surface area (Å²) in [5, 5.41) is 13.2. The van der Waals surface area contributed by atoms with Crippen molar-refractivity contribution in [3.05, 3.63) is 33.5 Å². The number of thiophene rings is 1. The van der Waals surface area contributed by atoms with Crippen LogP contribution in [0.1, 0.15) is 59.2 Å². The van der Waals surface area contributed by atoms with Crippen LogP contribution >= 0.6 is 11.3 Å². The first-order valence-electron chi connectivity index (χ1n) is 10.1. The molecule has 1 saturated heterocycles. The van der Waals surface area contributed by atoms with Gasteiger partial charge in [-0.15, -0.1) is 11.3 Å². The van der Waals surface area contributed by atoms with Gasteiger partial charge in [-0.2, -0.15) is 5.10 Å². The van der Waals surface area contributed by atoms with Gasteiger partial charge in [-0.1, -0.05) is 0 Å². The van der Waals surface area contributed by atoms with Gasteiger partial charge in [0.2, 0.25) is 5.96 Å². The van der Waals surface area contributed by atoms with Crippen molar-refractivity contribution in [1.29, 1.82) is 0 Å². The van der Waals surface area contributed by atoms with Crippen molar-refractivity contribution in [3.8, 4) is 0 Å². The molecular weight excluding hydrogens is 358 g/mol. The minimum atomic E-state index is -0.0255. The Morgan fingerprint density at radius 2 is 2.19 bits per heavy atom. The van der Waals surface area contributed by atoms with E-state index >= 15 is 0 Å². The summed E-state index contributed by atoms with van der Waals surface area (Å²) < 4.78 is 7.75. The molecule has 6 nitrogen and oxygen atoms in total. The van der Waals surface area contributed by atoms with E-state index in [0.29, 0.717) is 6.10 Å². The van der Waals surface area contributed by atoms with E-state index in [1.807, 2.05) is 22.9 Å². The molecule has 1 fully saturated rings. The molecule has 27 heavy (non-hydrogen) atoms. The molecule has 0 aromatic carbocycles. The van der Waals surface area contributed by atoms with Gasteiger partial charge < -0.3 is 10.1 Å². The van der Waals surface area contributed by atoms with E-state index in [-0.39, 0.29) is 6.17 Å². The number of hydrogen-bond acceptors (Lipinski definition) is 6. The van der Waals surface area contributed by atoms with E-state index < -0.39 is 0 Å². The highest BCUT2D eigenvalue weighted by atomic mass is 32.1. The fourth-order valence-electron chi connectivity index (χ4n) is 4.44. The lowest BCUT2D eigenvalue weighted by molar-refractivity contribution is 0.107. The highest BCUT2D eigenvalue weighted by Gasteiger charge is 2.31. The van der Waals surface area contributed by atoms with Gasteiger partial charge >= 0.3 is 0 Å². The van der Waals surface area contributed by atoms with E-state index in [0.717, 1.165) is 43.3 Å². The fourth-order valence-corrected chi connectivity index (χ4v) is 5.76. The molecule has 3 aliphatic rings. The highest BCUT2D eigenvalue weighted by Crippen LogP contribution is 2.43. The Labute approximate surface area is 164 Å². The van der Waals surface area contributed by atoms with Crippen molar-refractivity contribution in [2.45, 2.75) is 64.6 Å². The summed E-state index contributed by atoms with van der Waals surface area (Å²) in [7, 11) is 0. The summed E-state index contributed by atoms with van der Waals surface area (Å²) in [6.45, 7) is 5.84. The van der Waals surface area contributed by atoms with E-state index in [9.17, 15) is 0 Å². The van der Waals surface area contributed by atoms with Crippen molar-refractivity contribution < 1.29 is 4.74 Å². The van der Waals surface area contributed by atoms with Crippen LogP contribution in [0.4, 0.5) is 5.00 Å². The standard InChI is InChI=1S/C20H27N5OS/c1-12-10-13(2)25(24-12)20-22-18(21-11-14-6-5-9-26-14)17-15-7-3-4-8-16(15)27-19(17)23-20/h10,14,18,21H,3-9,11H2,1-2H3,(H,22,23)/t14-,18-/m0/s1. The summed E-state index contributed by atoms with van der Waals surface area (Å²) >= 11 is 1.91. The van der Waals surface area contributed by atoms with Gasteiger partial charge in [0, 0.05) is 29.3 Å². The first kappa shape index (κ1) is 17.4. The number of fused-ring (bicyclic) bond motifs is 3. The Kier molecular flexibility index (Phi) is 4.53. The zero-order valence-electron chi connectivity index (χ0n) is 16.0. The molecule has 0 spiro atoms. The second-order valence-corrected chi connectivity index (χ2v) is 8.92. The normalized spacial score (nSPS) is 24.3. The van der Waals surface area contributed by atoms with Crippen molar-refractivity contribution in [2.24, 2.45) is 4.99 Å². The predicted molar refractivity (Wildman–Crippen MR) is 109 cm³/mol.